The van der Waals surface area contributed by atoms with Crippen molar-refractivity contribution in [3.05, 3.63) is 84.5 Å². The van der Waals surface area contributed by atoms with Gasteiger partial charge in [0.15, 0.2) is 11.5 Å². The first-order chi connectivity index (χ1) is 21.8. The zero-order chi connectivity index (χ0) is 31.5. The fourth-order valence-electron chi connectivity index (χ4n) is 5.71. The number of carbonyl (C=O) groups is 1. The van der Waals surface area contributed by atoms with Gasteiger partial charge in [-0.25, -0.2) is 9.38 Å². The van der Waals surface area contributed by atoms with E-state index in [0.717, 1.165) is 58.1 Å². The van der Waals surface area contributed by atoms with Crippen LogP contribution in [-0.4, -0.2) is 49.9 Å². The molecule has 0 radical (unpaired) electrons. The lowest BCUT2D eigenvalue weighted by atomic mass is 9.99. The highest BCUT2D eigenvalue weighted by atomic mass is 19.1. The van der Waals surface area contributed by atoms with Crippen molar-refractivity contribution in [1.29, 1.82) is 0 Å². The number of aliphatic imine (C=N–C) groups is 1. The first-order valence-corrected chi connectivity index (χ1v) is 15.0. The number of carbonyl (C=O) groups excluding carboxylic acids is 1. The number of ether oxygens (including phenoxy) is 1. The molecule has 0 bridgehead atoms. The van der Waals surface area contributed by atoms with Crippen LogP contribution in [0.2, 0.25) is 0 Å². The van der Waals surface area contributed by atoms with Gasteiger partial charge in [-0.05, 0) is 60.2 Å². The summed E-state index contributed by atoms with van der Waals surface area (Å²) in [6, 6.07) is 15.2. The Morgan fingerprint density at radius 1 is 1.20 bits per heavy atom. The molecule has 3 heterocycles. The molecule has 1 saturated carbocycles. The number of halogens is 1. The minimum Gasteiger partial charge on any atom is -0.381 e. The van der Waals surface area contributed by atoms with Gasteiger partial charge in [-0.1, -0.05) is 50.8 Å². The highest BCUT2D eigenvalue weighted by Crippen LogP contribution is 2.32. The number of pyridine rings is 1. The average Bonchev–Trinajstić information content (AvgIpc) is 3.70. The Labute approximate surface area is 260 Å². The Morgan fingerprint density at radius 3 is 2.82 bits per heavy atom. The number of rotatable bonds is 10. The SMILES string of the molecule is C=C(F)C(=O)Nc1ccc2c(-c3ccccc3CNc3nc(N=CC4CC[C@H](OC)C4)nc4c(C(C)C)cnn34)nccc2c1. The van der Waals surface area contributed by atoms with Gasteiger partial charge in [0.1, 0.15) is 0 Å². The second kappa shape index (κ2) is 12.9. The third-order valence-corrected chi connectivity index (χ3v) is 8.14. The maximum Gasteiger partial charge on any atom is 0.283 e. The largest absolute Gasteiger partial charge is 0.381 e. The third-order valence-electron chi connectivity index (χ3n) is 8.14. The number of nitrogens with one attached hydrogen (secondary N) is 2. The van der Waals surface area contributed by atoms with Crippen LogP contribution in [0.25, 0.3) is 27.7 Å². The van der Waals surface area contributed by atoms with Crippen LogP contribution < -0.4 is 10.6 Å². The van der Waals surface area contributed by atoms with Crippen molar-refractivity contribution >= 4 is 46.1 Å². The molecule has 230 valence electrons. The van der Waals surface area contributed by atoms with Gasteiger partial charge in [0.05, 0.1) is 18.0 Å². The molecule has 3 aromatic heterocycles. The Balaban J connectivity index is 1.31. The maximum absolute atomic E-state index is 13.2. The lowest BCUT2D eigenvalue weighted by Gasteiger charge is -2.14. The quantitative estimate of drug-likeness (QED) is 0.130. The number of hydrogen-bond acceptors (Lipinski definition) is 8. The molecule has 0 saturated heterocycles. The molecular formula is C34H35FN8O2. The fourth-order valence-corrected chi connectivity index (χ4v) is 5.71. The molecule has 10 nitrogen and oxygen atoms in total. The van der Waals surface area contributed by atoms with E-state index in [2.05, 4.69) is 36.2 Å². The van der Waals surface area contributed by atoms with Crippen LogP contribution in [0.1, 0.15) is 50.2 Å². The van der Waals surface area contributed by atoms with Gasteiger partial charge >= 0.3 is 0 Å². The monoisotopic (exact) mass is 606 g/mol. The van der Waals surface area contributed by atoms with Crippen LogP contribution in [0, 0.1) is 5.92 Å². The van der Waals surface area contributed by atoms with E-state index in [1.54, 1.807) is 30.0 Å². The summed E-state index contributed by atoms with van der Waals surface area (Å²) < 4.78 is 20.5. The minimum atomic E-state index is -1.04. The number of nitrogens with zero attached hydrogens (tertiary/aromatic N) is 6. The summed E-state index contributed by atoms with van der Waals surface area (Å²) >= 11 is 0. The van der Waals surface area contributed by atoms with E-state index in [1.165, 1.54) is 0 Å². The Hall–Kier alpha value is -5.03. The third kappa shape index (κ3) is 6.44. The second-order valence-electron chi connectivity index (χ2n) is 11.5. The van der Waals surface area contributed by atoms with Crippen LogP contribution in [0.3, 0.4) is 0 Å². The van der Waals surface area contributed by atoms with Crippen molar-refractivity contribution in [2.75, 3.05) is 17.7 Å². The molecule has 2 atom stereocenters. The van der Waals surface area contributed by atoms with Gasteiger partial charge in [-0.15, -0.1) is 0 Å². The number of aromatic nitrogens is 5. The van der Waals surface area contributed by atoms with E-state index in [-0.39, 0.29) is 12.0 Å². The van der Waals surface area contributed by atoms with Gasteiger partial charge < -0.3 is 15.4 Å². The summed E-state index contributed by atoms with van der Waals surface area (Å²) in [5.74, 6) is -0.439. The number of hydrogen-bond donors (Lipinski definition) is 2. The number of fused-ring (bicyclic) bond motifs is 2. The summed E-state index contributed by atoms with van der Waals surface area (Å²) in [5, 5.41) is 12.3. The molecule has 0 aliphatic heterocycles. The molecule has 1 aliphatic carbocycles. The zero-order valence-electron chi connectivity index (χ0n) is 25.5. The molecule has 5 aromatic rings. The molecule has 1 fully saturated rings. The molecule has 1 aliphatic rings. The van der Waals surface area contributed by atoms with Crippen LogP contribution in [0.5, 0.6) is 0 Å². The highest BCUT2D eigenvalue weighted by molar-refractivity contribution is 6.04. The first kappa shape index (κ1) is 30.0. The van der Waals surface area contributed by atoms with E-state index in [4.69, 9.17) is 24.7 Å². The average molecular weight is 607 g/mol. The maximum atomic E-state index is 13.2. The summed E-state index contributed by atoms with van der Waals surface area (Å²) in [6.45, 7) is 7.72. The molecule has 11 heteroatoms. The number of anilines is 2. The topological polar surface area (TPSA) is 119 Å². The smallest absolute Gasteiger partial charge is 0.283 e. The fraction of sp³-hybridized carbons (Fsp3) is 0.294. The number of amides is 1. The molecule has 2 aromatic carbocycles. The second-order valence-corrected chi connectivity index (χ2v) is 11.5. The molecule has 1 amide bonds. The number of methoxy groups -OCH3 is 1. The van der Waals surface area contributed by atoms with Gasteiger partial charge in [-0.3, -0.25) is 9.78 Å². The van der Waals surface area contributed by atoms with Gasteiger partial charge in [0.25, 0.3) is 11.9 Å². The van der Waals surface area contributed by atoms with E-state index in [9.17, 15) is 9.18 Å². The summed E-state index contributed by atoms with van der Waals surface area (Å²) in [5.41, 5.74) is 4.92. The van der Waals surface area contributed by atoms with Gasteiger partial charge in [-0.2, -0.15) is 19.6 Å². The van der Waals surface area contributed by atoms with Crippen molar-refractivity contribution in [1.82, 2.24) is 24.6 Å². The van der Waals surface area contributed by atoms with E-state index in [0.29, 0.717) is 30.0 Å². The number of benzene rings is 2. The van der Waals surface area contributed by atoms with Gasteiger partial charge in [0.2, 0.25) is 5.95 Å². The molecule has 1 unspecified atom stereocenters. The Bertz CT molecular complexity index is 1920. The van der Waals surface area contributed by atoms with Crippen molar-refractivity contribution in [2.45, 2.75) is 51.7 Å². The first-order valence-electron chi connectivity index (χ1n) is 15.0. The molecule has 45 heavy (non-hydrogen) atoms. The molecule has 2 N–H and O–H groups in total. The van der Waals surface area contributed by atoms with E-state index in [1.807, 2.05) is 48.8 Å². The Kier molecular flexibility index (Phi) is 8.61. The summed E-state index contributed by atoms with van der Waals surface area (Å²) in [4.78, 5) is 30.7. The lowest BCUT2D eigenvalue weighted by molar-refractivity contribution is -0.114. The van der Waals surface area contributed by atoms with Gasteiger partial charge in [0, 0.05) is 48.3 Å². The van der Waals surface area contributed by atoms with Crippen LogP contribution in [-0.2, 0) is 16.1 Å². The predicted octanol–water partition coefficient (Wildman–Crippen LogP) is 7.01. The molecule has 6 rings (SSSR count). The minimum absolute atomic E-state index is 0.224. The lowest BCUT2D eigenvalue weighted by Crippen LogP contribution is -2.11. The zero-order valence-corrected chi connectivity index (χ0v) is 25.5. The van der Waals surface area contributed by atoms with E-state index < -0.39 is 11.7 Å². The van der Waals surface area contributed by atoms with Crippen molar-refractivity contribution in [3.8, 4) is 11.3 Å². The van der Waals surface area contributed by atoms with Crippen molar-refractivity contribution in [2.24, 2.45) is 10.9 Å². The normalized spacial score (nSPS) is 16.6. The van der Waals surface area contributed by atoms with Crippen molar-refractivity contribution in [3.63, 3.8) is 0 Å². The van der Waals surface area contributed by atoms with E-state index >= 15 is 0 Å². The van der Waals surface area contributed by atoms with Crippen LogP contribution in [0.15, 0.2) is 78.3 Å². The Morgan fingerprint density at radius 2 is 2.04 bits per heavy atom. The summed E-state index contributed by atoms with van der Waals surface area (Å²) in [6.07, 6.45) is 8.77. The van der Waals surface area contributed by atoms with Crippen LogP contribution in [0.4, 0.5) is 22.0 Å². The molecular weight excluding hydrogens is 571 g/mol. The van der Waals surface area contributed by atoms with Crippen LogP contribution >= 0.6 is 0 Å². The standard InChI is InChI=1S/C34H35FN8O2/c1-20(2)29-19-39-43-31(29)41-33(37-17-22-9-11-26(15-22)45-4)42-34(43)38-18-24-7-5-6-8-27(24)30-28-12-10-25(40-32(44)21(3)35)16-23(28)13-14-36-30/h5-8,10,12-14,16-17,19-20,22,26H,3,9,11,15,18H2,1-2,4H3,(H,40,44)(H,38,41,42)/t22?,26-/m0/s1. The highest BCUT2D eigenvalue weighted by Gasteiger charge is 2.23. The van der Waals surface area contributed by atoms with Crippen molar-refractivity contribution < 1.29 is 13.9 Å². The predicted molar refractivity (Wildman–Crippen MR) is 175 cm³/mol. The summed E-state index contributed by atoms with van der Waals surface area (Å²) in [7, 11) is 1.76. The molecule has 0 spiro atoms.